The first kappa shape index (κ1) is 57.0. The molecule has 5 rings (SSSR count). The lowest BCUT2D eigenvalue weighted by Crippen LogP contribution is -2.70. The topological polar surface area (TPSA) is 256 Å². The first-order valence-electron chi connectivity index (χ1n) is 25.0. The molecule has 0 aromatic carbocycles. The summed E-state index contributed by atoms with van der Waals surface area (Å²) >= 11 is 0. The van der Waals surface area contributed by atoms with E-state index < -0.39 is 118 Å². The molecule has 0 radical (unpaired) electrons. The molecule has 20 heteroatoms. The van der Waals surface area contributed by atoms with Crippen LogP contribution in [0.25, 0.3) is 0 Å². The lowest BCUT2D eigenvalue weighted by Gasteiger charge is -2.53. The Morgan fingerprint density at radius 1 is 0.871 bits per heavy atom. The Hall–Kier alpha value is -3.95. The van der Waals surface area contributed by atoms with Gasteiger partial charge >= 0.3 is 18.3 Å². The first-order chi connectivity index (χ1) is 32.0. The maximum Gasteiger partial charge on any atom is 0.410 e. The second kappa shape index (κ2) is 21.6. The summed E-state index contributed by atoms with van der Waals surface area (Å²) in [4.78, 5) is 71.1. The fourth-order valence-electron chi connectivity index (χ4n) is 9.86. The van der Waals surface area contributed by atoms with Crippen LogP contribution in [0.5, 0.6) is 0 Å². The lowest BCUT2D eigenvalue weighted by molar-refractivity contribution is -0.301. The Bertz CT molecular complexity index is 1900. The fraction of sp³-hybridized carbons (Fsp3) is 0.860. The molecule has 2 aliphatic carbocycles. The molecule has 7 N–H and O–H groups in total. The minimum atomic E-state index is -2.05. The quantitative estimate of drug-likeness (QED) is 0.128. The normalized spacial score (nSPS) is 33.0. The highest BCUT2D eigenvalue weighted by Crippen LogP contribution is 2.42. The van der Waals surface area contributed by atoms with Gasteiger partial charge in [0.25, 0.3) is 5.91 Å². The van der Waals surface area contributed by atoms with Gasteiger partial charge in [0.1, 0.15) is 40.4 Å². The van der Waals surface area contributed by atoms with Crippen LogP contribution in [0.4, 0.5) is 14.4 Å². The standard InChI is InChI=1S/C50H86N6O14/c1-28-35(38-31(54-42(60)68-46(5,6)7)19-18-30(66-38)25-51-24-29-16-17-29)32(52-34(57)23-45(2,3)4)22-33(53-41(59)50(64)20-21-56(26-50)44(62)70-48(11,12)13)37(28)67-40-36(58)39(49(14,63)27-65-40)55(15)43(61)69-47(8,9)10/h18,28-29,31-33,35-40,51,58,63-64H,16-17,19-27H2,1-15H3,(H,52,57)(H,53,59)(H,54,60). The summed E-state index contributed by atoms with van der Waals surface area (Å²) < 4.78 is 36.7. The number of likely N-dealkylation sites (N-methyl/N-ethyl adjacent to an activating group) is 1. The van der Waals surface area contributed by atoms with Crippen LogP contribution in [-0.4, -0.2) is 172 Å². The number of nitrogens with zero attached hydrogens (tertiary/aromatic N) is 2. The number of hydrogen-bond acceptors (Lipinski definition) is 15. The first-order valence-corrected chi connectivity index (χ1v) is 25.0. The van der Waals surface area contributed by atoms with E-state index in [0.29, 0.717) is 24.6 Å². The molecule has 70 heavy (non-hydrogen) atoms. The van der Waals surface area contributed by atoms with Crippen LogP contribution in [0.2, 0.25) is 0 Å². The Labute approximate surface area is 414 Å². The summed E-state index contributed by atoms with van der Waals surface area (Å²) in [6, 6.07) is -3.73. The Morgan fingerprint density at radius 3 is 2.09 bits per heavy atom. The van der Waals surface area contributed by atoms with E-state index in [2.05, 4.69) is 21.3 Å². The SMILES string of the molecule is CC1C(OC2OCC(C)(O)C(N(C)C(=O)OC(C)(C)C)C2O)C(NC(=O)C2(O)CCN(C(=O)OC(C)(C)C)C2)CC(NC(=O)CC(C)(C)C)C1C1OC(CNCC2CC2)=CCC1NC(=O)OC(C)(C)C. The van der Waals surface area contributed by atoms with Crippen LogP contribution in [-0.2, 0) is 38.0 Å². The number of carbonyl (C=O) groups excluding carboxylic acids is 5. The van der Waals surface area contributed by atoms with E-state index in [-0.39, 0.29) is 44.9 Å². The van der Waals surface area contributed by atoms with Gasteiger partial charge in [0.2, 0.25) is 5.91 Å². The molecule has 3 heterocycles. The number of aliphatic hydroxyl groups excluding tert-OH is 1. The van der Waals surface area contributed by atoms with Crippen LogP contribution >= 0.6 is 0 Å². The minimum Gasteiger partial charge on any atom is -0.491 e. The van der Waals surface area contributed by atoms with Gasteiger partial charge in [-0.25, -0.2) is 14.4 Å². The Balaban J connectivity index is 1.57. The van der Waals surface area contributed by atoms with E-state index in [9.17, 15) is 39.3 Å². The lowest BCUT2D eigenvalue weighted by atomic mass is 9.67. The molecular formula is C50H86N6O14. The van der Waals surface area contributed by atoms with Gasteiger partial charge in [-0.1, -0.05) is 27.7 Å². The molecule has 12 atom stereocenters. The van der Waals surface area contributed by atoms with Gasteiger partial charge in [0, 0.05) is 38.4 Å². The highest BCUT2D eigenvalue weighted by atomic mass is 16.7. The van der Waals surface area contributed by atoms with Gasteiger partial charge in [0.15, 0.2) is 11.9 Å². The van der Waals surface area contributed by atoms with Gasteiger partial charge in [-0.15, -0.1) is 0 Å². The Morgan fingerprint density at radius 2 is 1.50 bits per heavy atom. The van der Waals surface area contributed by atoms with Crippen LogP contribution in [0.15, 0.2) is 11.8 Å². The monoisotopic (exact) mass is 995 g/mol. The van der Waals surface area contributed by atoms with E-state index in [0.717, 1.165) is 24.3 Å². The molecular weight excluding hydrogens is 909 g/mol. The molecule has 0 aromatic heterocycles. The smallest absolute Gasteiger partial charge is 0.410 e. The largest absolute Gasteiger partial charge is 0.491 e. The summed E-state index contributed by atoms with van der Waals surface area (Å²) in [6.45, 7) is 25.2. The van der Waals surface area contributed by atoms with E-state index >= 15 is 0 Å². The summed E-state index contributed by atoms with van der Waals surface area (Å²) in [5, 5.41) is 48.5. The number of amides is 5. The molecule has 4 fully saturated rings. The van der Waals surface area contributed by atoms with Crippen molar-refractivity contribution >= 4 is 30.1 Å². The second-order valence-corrected chi connectivity index (χ2v) is 24.8. The predicted molar refractivity (Wildman–Crippen MR) is 258 cm³/mol. The van der Waals surface area contributed by atoms with Gasteiger partial charge in [0.05, 0.1) is 43.9 Å². The number of likely N-dealkylation sites (tertiary alicyclic amines) is 1. The molecule has 12 unspecified atom stereocenters. The molecule has 0 bridgehead atoms. The van der Waals surface area contributed by atoms with Crippen molar-refractivity contribution in [1.29, 1.82) is 0 Å². The van der Waals surface area contributed by atoms with Crippen molar-refractivity contribution < 1.29 is 67.7 Å². The number of nitrogens with one attached hydrogen (secondary N) is 4. The molecule has 2 saturated carbocycles. The summed E-state index contributed by atoms with van der Waals surface area (Å²) in [7, 11) is 1.40. The Kier molecular flexibility index (Phi) is 17.6. The average molecular weight is 995 g/mol. The molecule has 5 amide bonds. The fourth-order valence-corrected chi connectivity index (χ4v) is 9.86. The van der Waals surface area contributed by atoms with Crippen molar-refractivity contribution in [2.45, 2.75) is 212 Å². The summed E-state index contributed by atoms with van der Waals surface area (Å²) in [6.07, 6.45) is -2.59. The number of rotatable bonds is 13. The number of hydrogen-bond donors (Lipinski definition) is 7. The molecule has 5 aliphatic rings. The van der Waals surface area contributed by atoms with Gasteiger partial charge in [-0.3, -0.25) is 9.59 Å². The van der Waals surface area contributed by atoms with E-state index in [1.807, 2.05) is 33.8 Å². The van der Waals surface area contributed by atoms with Crippen molar-refractivity contribution in [2.75, 3.05) is 39.8 Å². The third-order valence-corrected chi connectivity index (χ3v) is 13.1. The van der Waals surface area contributed by atoms with Crippen molar-refractivity contribution in [3.8, 4) is 0 Å². The maximum atomic E-state index is 14.5. The average Bonchev–Trinajstić information content (AvgIpc) is 3.91. The second-order valence-electron chi connectivity index (χ2n) is 24.8. The number of aliphatic hydroxyl groups is 3. The highest BCUT2D eigenvalue weighted by molar-refractivity contribution is 5.87. The van der Waals surface area contributed by atoms with Crippen molar-refractivity contribution in [3.63, 3.8) is 0 Å². The van der Waals surface area contributed by atoms with E-state index in [1.165, 1.54) is 18.9 Å². The van der Waals surface area contributed by atoms with Crippen molar-refractivity contribution in [1.82, 2.24) is 31.1 Å². The van der Waals surface area contributed by atoms with Crippen LogP contribution < -0.4 is 21.3 Å². The molecule has 20 nitrogen and oxygen atoms in total. The third kappa shape index (κ3) is 15.8. The van der Waals surface area contributed by atoms with Crippen LogP contribution in [0.1, 0.15) is 135 Å². The molecule has 0 spiro atoms. The maximum absolute atomic E-state index is 14.5. The number of alkyl carbamates (subject to hydrolysis) is 1. The molecule has 2 saturated heterocycles. The number of ether oxygens (including phenoxy) is 6. The van der Waals surface area contributed by atoms with Crippen molar-refractivity contribution in [2.24, 2.45) is 23.2 Å². The minimum absolute atomic E-state index is 0.00687. The van der Waals surface area contributed by atoms with Crippen molar-refractivity contribution in [3.05, 3.63) is 11.8 Å². The van der Waals surface area contributed by atoms with Gasteiger partial charge < -0.3 is 74.8 Å². The molecule has 400 valence electrons. The number of carbonyl (C=O) groups is 5. The highest BCUT2D eigenvalue weighted by Gasteiger charge is 2.57. The van der Waals surface area contributed by atoms with Crippen LogP contribution in [0, 0.1) is 23.2 Å². The third-order valence-electron chi connectivity index (χ3n) is 13.1. The zero-order valence-corrected chi connectivity index (χ0v) is 44.4. The summed E-state index contributed by atoms with van der Waals surface area (Å²) in [5.74, 6) is -1.20. The molecule has 0 aromatic rings. The van der Waals surface area contributed by atoms with Gasteiger partial charge in [-0.05, 0) is 125 Å². The zero-order valence-electron chi connectivity index (χ0n) is 44.4. The summed E-state index contributed by atoms with van der Waals surface area (Å²) in [5.41, 5.74) is -6.76. The zero-order chi connectivity index (χ0) is 52.5. The van der Waals surface area contributed by atoms with E-state index in [4.69, 9.17) is 28.4 Å². The number of β-amino-alcohol motifs (C(OH)–C–C–N with tert-alkyl or cyclic N) is 1. The predicted octanol–water partition coefficient (Wildman–Crippen LogP) is 4.07. The van der Waals surface area contributed by atoms with Crippen LogP contribution in [0.3, 0.4) is 0 Å². The van der Waals surface area contributed by atoms with Gasteiger partial charge in [-0.2, -0.15) is 0 Å². The van der Waals surface area contributed by atoms with E-state index in [1.54, 1.807) is 62.3 Å². The molecule has 3 aliphatic heterocycles.